The number of urea groups is 1. The quantitative estimate of drug-likeness (QED) is 0.585. The van der Waals surface area contributed by atoms with Gasteiger partial charge in [-0.3, -0.25) is 14.8 Å². The largest absolute Gasteiger partial charge is 0.480 e. The number of ether oxygens (including phenoxy) is 1. The number of nitrogens with zero attached hydrogens (tertiary/aromatic N) is 5. The van der Waals surface area contributed by atoms with Gasteiger partial charge in [0.15, 0.2) is 0 Å². The van der Waals surface area contributed by atoms with Crippen molar-refractivity contribution in [2.24, 2.45) is 0 Å². The number of methoxy groups -OCH3 is 1. The zero-order chi connectivity index (χ0) is 25.4. The fraction of sp³-hybridized carbons (Fsp3) is 0.385. The highest BCUT2D eigenvalue weighted by Gasteiger charge is 2.52. The fourth-order valence-corrected chi connectivity index (χ4v) is 5.22. The zero-order valence-electron chi connectivity index (χ0n) is 20.6. The number of H-pyrrole nitrogens is 1. The van der Waals surface area contributed by atoms with Gasteiger partial charge in [0.2, 0.25) is 11.8 Å². The lowest BCUT2D eigenvalue weighted by molar-refractivity contribution is -0.131. The normalized spacial score (nSPS) is 17.2. The molecule has 2 fully saturated rings. The minimum absolute atomic E-state index is 0.0276. The van der Waals surface area contributed by atoms with Gasteiger partial charge in [0.1, 0.15) is 11.6 Å². The van der Waals surface area contributed by atoms with Crippen molar-refractivity contribution in [3.63, 3.8) is 0 Å². The molecule has 0 atom stereocenters. The number of benzene rings is 1. The zero-order valence-corrected chi connectivity index (χ0v) is 20.6. The Balaban J connectivity index is 1.50. The van der Waals surface area contributed by atoms with Crippen LogP contribution in [0.1, 0.15) is 30.9 Å². The monoisotopic (exact) mass is 492 g/mol. The minimum Gasteiger partial charge on any atom is -0.480 e. The molecular formula is C26H29FN6O3. The van der Waals surface area contributed by atoms with Crippen LogP contribution in [0.5, 0.6) is 5.88 Å². The summed E-state index contributed by atoms with van der Waals surface area (Å²) in [5.41, 5.74) is 2.39. The van der Waals surface area contributed by atoms with Gasteiger partial charge >= 0.3 is 6.03 Å². The average Bonchev–Trinajstić information content (AvgIpc) is 3.50. The smallest absolute Gasteiger partial charge is 0.326 e. The molecule has 2 aliphatic heterocycles. The molecular weight excluding hydrogens is 463 g/mol. The number of anilines is 1. The van der Waals surface area contributed by atoms with E-state index in [1.165, 1.54) is 6.07 Å². The fourth-order valence-electron chi connectivity index (χ4n) is 5.22. The number of rotatable bonds is 5. The molecule has 10 heteroatoms. The van der Waals surface area contributed by atoms with Crippen molar-refractivity contribution in [3.05, 3.63) is 59.7 Å². The molecule has 0 aliphatic carbocycles. The van der Waals surface area contributed by atoms with Crippen LogP contribution in [0, 0.1) is 12.7 Å². The Bertz CT molecular complexity index is 1290. The summed E-state index contributed by atoms with van der Waals surface area (Å²) in [7, 11) is 1.54. The van der Waals surface area contributed by atoms with E-state index < -0.39 is 5.54 Å². The Morgan fingerprint density at radius 3 is 2.67 bits per heavy atom. The molecule has 2 aliphatic rings. The van der Waals surface area contributed by atoms with Crippen LogP contribution < -0.4 is 9.64 Å². The summed E-state index contributed by atoms with van der Waals surface area (Å²) in [6, 6.07) is 8.42. The Hall–Kier alpha value is -3.95. The van der Waals surface area contributed by atoms with Crippen LogP contribution in [0.4, 0.5) is 15.0 Å². The van der Waals surface area contributed by atoms with Gasteiger partial charge in [0.05, 0.1) is 25.4 Å². The van der Waals surface area contributed by atoms with Gasteiger partial charge in [-0.25, -0.2) is 9.18 Å². The minimum atomic E-state index is -0.500. The van der Waals surface area contributed by atoms with E-state index in [-0.39, 0.29) is 24.3 Å². The number of nitrogens with one attached hydrogen (secondary N) is 1. The molecule has 3 aromatic rings. The van der Waals surface area contributed by atoms with Gasteiger partial charge in [-0.1, -0.05) is 12.1 Å². The number of likely N-dealkylation sites (tertiary alicyclic amines) is 1. The number of hydrogen-bond acceptors (Lipinski definition) is 5. The molecule has 2 saturated heterocycles. The number of pyridine rings is 1. The summed E-state index contributed by atoms with van der Waals surface area (Å²) >= 11 is 0. The second-order valence-electron chi connectivity index (χ2n) is 9.42. The third-order valence-electron chi connectivity index (χ3n) is 7.46. The Morgan fingerprint density at radius 2 is 2.00 bits per heavy atom. The van der Waals surface area contributed by atoms with Crippen molar-refractivity contribution in [3.8, 4) is 17.0 Å². The van der Waals surface area contributed by atoms with E-state index >= 15 is 0 Å². The Morgan fingerprint density at radius 1 is 1.22 bits per heavy atom. The number of carbonyl (C=O) groups is 2. The molecule has 0 radical (unpaired) electrons. The van der Waals surface area contributed by atoms with Crippen LogP contribution in [0.3, 0.4) is 0 Å². The third-order valence-corrected chi connectivity index (χ3v) is 7.46. The lowest BCUT2D eigenvalue weighted by atomic mass is 9.86. The molecule has 4 heterocycles. The summed E-state index contributed by atoms with van der Waals surface area (Å²) in [6.07, 6.45) is 4.70. The summed E-state index contributed by atoms with van der Waals surface area (Å²) in [4.78, 5) is 35.8. The first kappa shape index (κ1) is 23.8. The van der Waals surface area contributed by atoms with Crippen molar-refractivity contribution >= 4 is 17.8 Å². The molecule has 0 bridgehead atoms. The molecule has 188 valence electrons. The van der Waals surface area contributed by atoms with E-state index in [1.54, 1.807) is 50.4 Å². The maximum absolute atomic E-state index is 14.3. The van der Waals surface area contributed by atoms with E-state index in [0.717, 1.165) is 16.7 Å². The first-order valence-corrected chi connectivity index (χ1v) is 12.0. The van der Waals surface area contributed by atoms with E-state index in [4.69, 9.17) is 4.74 Å². The van der Waals surface area contributed by atoms with Crippen molar-refractivity contribution < 1.29 is 18.7 Å². The van der Waals surface area contributed by atoms with Crippen LogP contribution in [-0.4, -0.2) is 69.2 Å². The highest BCUT2D eigenvalue weighted by Crippen LogP contribution is 2.40. The van der Waals surface area contributed by atoms with Gasteiger partial charge in [-0.2, -0.15) is 10.1 Å². The van der Waals surface area contributed by atoms with Gasteiger partial charge in [-0.15, -0.1) is 0 Å². The lowest BCUT2D eigenvalue weighted by Crippen LogP contribution is -2.54. The summed E-state index contributed by atoms with van der Waals surface area (Å²) in [6.45, 7) is 5.12. The molecule has 3 amide bonds. The average molecular weight is 493 g/mol. The van der Waals surface area contributed by atoms with Crippen LogP contribution in [0.2, 0.25) is 0 Å². The molecule has 0 saturated carbocycles. The number of aromatic amines is 1. The predicted molar refractivity (Wildman–Crippen MR) is 132 cm³/mol. The van der Waals surface area contributed by atoms with Crippen molar-refractivity contribution in [2.45, 2.75) is 38.8 Å². The SMILES string of the molecule is COc1nc(N2CC3(CCN(C(C)=O)CC3)N(Cc3cccc(F)c3C)C2=O)ccc1-c1cn[nH]c1. The van der Waals surface area contributed by atoms with E-state index in [9.17, 15) is 14.0 Å². The number of amides is 3. The second kappa shape index (κ2) is 9.25. The molecule has 0 unspecified atom stereocenters. The van der Waals surface area contributed by atoms with Gasteiger partial charge < -0.3 is 14.5 Å². The first-order chi connectivity index (χ1) is 17.3. The number of piperidine rings is 1. The molecule has 1 N–H and O–H groups in total. The summed E-state index contributed by atoms with van der Waals surface area (Å²) < 4.78 is 19.9. The lowest BCUT2D eigenvalue weighted by Gasteiger charge is -2.43. The van der Waals surface area contributed by atoms with Crippen molar-refractivity contribution in [1.29, 1.82) is 0 Å². The third kappa shape index (κ3) is 4.06. The highest BCUT2D eigenvalue weighted by molar-refractivity contribution is 5.95. The van der Waals surface area contributed by atoms with Gasteiger partial charge in [0.25, 0.3) is 0 Å². The van der Waals surface area contributed by atoms with E-state index in [0.29, 0.717) is 49.7 Å². The van der Waals surface area contributed by atoms with Gasteiger partial charge in [0, 0.05) is 43.9 Å². The highest BCUT2D eigenvalue weighted by atomic mass is 19.1. The molecule has 1 spiro atoms. The summed E-state index contributed by atoms with van der Waals surface area (Å²) in [5, 5.41) is 6.78. The Kier molecular flexibility index (Phi) is 6.11. The Labute approximate surface area is 208 Å². The predicted octanol–water partition coefficient (Wildman–Crippen LogP) is 3.75. The van der Waals surface area contributed by atoms with Crippen molar-refractivity contribution in [1.82, 2.24) is 25.0 Å². The van der Waals surface area contributed by atoms with E-state index in [1.807, 2.05) is 21.9 Å². The topological polar surface area (TPSA) is 94.7 Å². The van der Waals surface area contributed by atoms with Crippen molar-refractivity contribution in [2.75, 3.05) is 31.6 Å². The summed E-state index contributed by atoms with van der Waals surface area (Å²) in [5.74, 6) is 0.606. The number of halogens is 1. The maximum atomic E-state index is 14.3. The molecule has 36 heavy (non-hydrogen) atoms. The number of carbonyl (C=O) groups excluding carboxylic acids is 2. The number of aromatic nitrogens is 3. The van der Waals surface area contributed by atoms with Gasteiger partial charge in [-0.05, 0) is 49.1 Å². The molecule has 9 nitrogen and oxygen atoms in total. The molecule has 5 rings (SSSR count). The second-order valence-corrected chi connectivity index (χ2v) is 9.42. The first-order valence-electron chi connectivity index (χ1n) is 12.0. The van der Waals surface area contributed by atoms with Crippen LogP contribution in [0.25, 0.3) is 11.1 Å². The standard InChI is InChI=1S/C26H29FN6O3/c1-17-19(5-4-6-22(17)27)15-33-25(35)32(16-26(33)9-11-31(12-10-26)18(2)34)23-8-7-21(24(30-23)36-3)20-13-28-29-14-20/h4-8,13-14H,9-12,15-16H2,1-3H3,(H,28,29). The van der Waals surface area contributed by atoms with E-state index in [2.05, 4.69) is 15.2 Å². The van der Waals surface area contributed by atoms with Crippen LogP contribution in [0.15, 0.2) is 42.7 Å². The van der Waals surface area contributed by atoms with Crippen LogP contribution >= 0.6 is 0 Å². The number of hydrogen-bond donors (Lipinski definition) is 1. The molecule has 2 aromatic heterocycles. The van der Waals surface area contributed by atoms with Crippen LogP contribution in [-0.2, 0) is 11.3 Å². The maximum Gasteiger partial charge on any atom is 0.326 e. The molecule has 1 aromatic carbocycles.